The van der Waals surface area contributed by atoms with E-state index in [1.54, 1.807) is 32.6 Å². The van der Waals surface area contributed by atoms with Gasteiger partial charge in [0.05, 0.1) is 39.0 Å². The molecule has 2 aliphatic heterocycles. The maximum Gasteiger partial charge on any atom is 0.269 e. The van der Waals surface area contributed by atoms with E-state index in [1.165, 1.54) is 19.2 Å². The fraction of sp³-hybridized carbons (Fsp3) is 0.435. The van der Waals surface area contributed by atoms with Gasteiger partial charge in [-0.05, 0) is 37.6 Å². The molecule has 12 heteroatoms. The summed E-state index contributed by atoms with van der Waals surface area (Å²) in [5, 5.41) is 15.5. The van der Waals surface area contributed by atoms with E-state index in [9.17, 15) is 14.0 Å². The topological polar surface area (TPSA) is 116 Å². The van der Waals surface area contributed by atoms with Crippen LogP contribution in [0.3, 0.4) is 0 Å². The van der Waals surface area contributed by atoms with E-state index >= 15 is 0 Å². The number of amides is 2. The fourth-order valence-corrected chi connectivity index (χ4v) is 4.61. The smallest absolute Gasteiger partial charge is 0.269 e. The average molecular weight is 484 g/mol. The highest BCUT2D eigenvalue weighted by molar-refractivity contribution is 5.94. The molecule has 1 aromatic carbocycles. The molecule has 2 aliphatic rings. The number of halogens is 1. The first-order chi connectivity index (χ1) is 16.9. The third kappa shape index (κ3) is 4.25. The zero-order valence-corrected chi connectivity index (χ0v) is 19.5. The molecule has 1 N–H and O–H groups in total. The number of hydrogen-bond acceptors (Lipinski definition) is 7. The number of ether oxygens (including phenoxy) is 2. The van der Waals surface area contributed by atoms with E-state index in [0.717, 1.165) is 5.69 Å². The molecule has 5 rings (SSSR count). The molecule has 2 amide bonds. The molecule has 4 heterocycles. The number of fused-ring (bicyclic) bond motifs is 1. The fourth-order valence-electron chi connectivity index (χ4n) is 4.61. The highest BCUT2D eigenvalue weighted by Crippen LogP contribution is 2.33. The first-order valence-corrected chi connectivity index (χ1v) is 11.4. The standard InChI is InChI=1S/C23H26FN7O4/c1-3-30-18(6-8-26-30)21(32)25-11-17-19-12-35-23(14-31(19)28-27-17)7-9-29(13-23)22(33)15-4-5-20(34-2)16(24)10-15/h4-6,8,10H,3,7,9,11-14H2,1-2H3,(H,25,32). The van der Waals surface area contributed by atoms with Crippen molar-refractivity contribution in [3.63, 3.8) is 0 Å². The van der Waals surface area contributed by atoms with Crippen LogP contribution in [-0.4, -0.2) is 67.3 Å². The van der Waals surface area contributed by atoms with Gasteiger partial charge in [0.1, 0.15) is 17.0 Å². The minimum Gasteiger partial charge on any atom is -0.494 e. The molecule has 3 aromatic rings. The SMILES string of the molecule is CCn1nccc1C(=O)NCc1nnn2c1COC1(CCN(C(=O)c3ccc(OC)c(F)c3)C1)C2. The molecule has 1 fully saturated rings. The van der Waals surface area contributed by atoms with Crippen LogP contribution in [0.5, 0.6) is 5.75 Å². The molecular formula is C23H26FN7O4. The summed E-state index contributed by atoms with van der Waals surface area (Å²) in [6.45, 7) is 4.29. The highest BCUT2D eigenvalue weighted by atomic mass is 19.1. The Labute approximate surface area is 200 Å². The Balaban J connectivity index is 1.23. The molecule has 11 nitrogen and oxygen atoms in total. The van der Waals surface area contributed by atoms with Crippen LogP contribution < -0.4 is 10.1 Å². The summed E-state index contributed by atoms with van der Waals surface area (Å²) in [5.41, 5.74) is 1.59. The van der Waals surface area contributed by atoms with Crippen LogP contribution in [0.15, 0.2) is 30.5 Å². The van der Waals surface area contributed by atoms with Crippen LogP contribution in [0.1, 0.15) is 45.6 Å². The van der Waals surface area contributed by atoms with E-state index in [-0.39, 0.29) is 36.3 Å². The average Bonchev–Trinajstić information content (AvgIpc) is 3.60. The Morgan fingerprint density at radius 2 is 2.14 bits per heavy atom. The van der Waals surface area contributed by atoms with Crippen molar-refractivity contribution in [1.82, 2.24) is 35.0 Å². The van der Waals surface area contributed by atoms with Crippen LogP contribution >= 0.6 is 0 Å². The van der Waals surface area contributed by atoms with Crippen molar-refractivity contribution in [2.45, 2.75) is 45.2 Å². The van der Waals surface area contributed by atoms with Gasteiger partial charge in [-0.15, -0.1) is 5.10 Å². The lowest BCUT2D eigenvalue weighted by Gasteiger charge is -2.34. The summed E-state index contributed by atoms with van der Waals surface area (Å²) in [6, 6.07) is 5.86. The van der Waals surface area contributed by atoms with Gasteiger partial charge >= 0.3 is 0 Å². The van der Waals surface area contributed by atoms with Gasteiger partial charge in [-0.25, -0.2) is 9.07 Å². The third-order valence-corrected chi connectivity index (χ3v) is 6.54. The Morgan fingerprint density at radius 3 is 2.91 bits per heavy atom. The van der Waals surface area contributed by atoms with E-state index in [1.807, 2.05) is 6.92 Å². The van der Waals surface area contributed by atoms with Gasteiger partial charge in [0.2, 0.25) is 0 Å². The first-order valence-electron chi connectivity index (χ1n) is 11.4. The summed E-state index contributed by atoms with van der Waals surface area (Å²) >= 11 is 0. The Morgan fingerprint density at radius 1 is 1.29 bits per heavy atom. The molecular weight excluding hydrogens is 457 g/mol. The molecule has 0 aliphatic carbocycles. The quantitative estimate of drug-likeness (QED) is 0.563. The van der Waals surface area contributed by atoms with E-state index in [4.69, 9.17) is 9.47 Å². The third-order valence-electron chi connectivity index (χ3n) is 6.54. The second-order valence-electron chi connectivity index (χ2n) is 8.65. The molecule has 184 valence electrons. The van der Waals surface area contributed by atoms with Crippen LogP contribution in [0.4, 0.5) is 4.39 Å². The number of methoxy groups -OCH3 is 1. The van der Waals surface area contributed by atoms with E-state index in [2.05, 4.69) is 20.7 Å². The van der Waals surface area contributed by atoms with Crippen molar-refractivity contribution in [2.75, 3.05) is 20.2 Å². The molecule has 2 aromatic heterocycles. The number of aromatic nitrogens is 5. The zero-order chi connectivity index (χ0) is 24.6. The van der Waals surface area contributed by atoms with Gasteiger partial charge in [0, 0.05) is 24.8 Å². The number of nitrogens with zero attached hydrogens (tertiary/aromatic N) is 6. The summed E-state index contributed by atoms with van der Waals surface area (Å²) in [6.07, 6.45) is 2.22. The van der Waals surface area contributed by atoms with Crippen molar-refractivity contribution in [3.8, 4) is 5.75 Å². The molecule has 0 bridgehead atoms. The maximum atomic E-state index is 14.1. The van der Waals surface area contributed by atoms with Gasteiger partial charge in [-0.2, -0.15) is 5.10 Å². The minimum atomic E-state index is -0.588. The first kappa shape index (κ1) is 23.0. The molecule has 0 saturated carbocycles. The Kier molecular flexibility index (Phi) is 5.97. The predicted molar refractivity (Wildman–Crippen MR) is 120 cm³/mol. The van der Waals surface area contributed by atoms with Gasteiger partial charge in [0.15, 0.2) is 11.6 Å². The zero-order valence-electron chi connectivity index (χ0n) is 19.5. The summed E-state index contributed by atoms with van der Waals surface area (Å²) in [5.74, 6) is -0.977. The van der Waals surface area contributed by atoms with Crippen LogP contribution in [0, 0.1) is 5.82 Å². The maximum absolute atomic E-state index is 14.1. The van der Waals surface area contributed by atoms with Crippen LogP contribution in [-0.2, 0) is 31.0 Å². The lowest BCUT2D eigenvalue weighted by Crippen LogP contribution is -2.45. The summed E-state index contributed by atoms with van der Waals surface area (Å²) in [4.78, 5) is 27.1. The lowest BCUT2D eigenvalue weighted by molar-refractivity contribution is -0.0828. The number of hydrogen-bond donors (Lipinski definition) is 1. The molecule has 1 saturated heterocycles. The molecule has 1 spiro atoms. The van der Waals surface area contributed by atoms with Crippen LogP contribution in [0.25, 0.3) is 0 Å². The number of likely N-dealkylation sites (tertiary alicyclic amines) is 1. The van der Waals surface area contributed by atoms with Gasteiger partial charge in [0.25, 0.3) is 11.8 Å². The van der Waals surface area contributed by atoms with Crippen molar-refractivity contribution in [3.05, 3.63) is 58.9 Å². The number of nitrogens with one attached hydrogen (secondary N) is 1. The predicted octanol–water partition coefficient (Wildman–Crippen LogP) is 1.39. The van der Waals surface area contributed by atoms with Gasteiger partial charge in [-0.3, -0.25) is 14.3 Å². The van der Waals surface area contributed by atoms with Crippen molar-refractivity contribution < 1.29 is 23.5 Å². The van der Waals surface area contributed by atoms with Crippen molar-refractivity contribution in [2.24, 2.45) is 0 Å². The summed E-state index contributed by atoms with van der Waals surface area (Å²) < 4.78 is 28.6. The normalized spacial score (nSPS) is 19.1. The number of benzene rings is 1. The number of carbonyl (C=O) groups is 2. The lowest BCUT2D eigenvalue weighted by atomic mass is 10.0. The molecule has 0 radical (unpaired) electrons. The monoisotopic (exact) mass is 483 g/mol. The number of rotatable bonds is 6. The molecule has 35 heavy (non-hydrogen) atoms. The second-order valence-corrected chi connectivity index (χ2v) is 8.65. The van der Waals surface area contributed by atoms with Gasteiger partial charge in [-0.1, -0.05) is 5.21 Å². The van der Waals surface area contributed by atoms with Gasteiger partial charge < -0.3 is 19.7 Å². The molecule has 1 unspecified atom stereocenters. The van der Waals surface area contributed by atoms with E-state index in [0.29, 0.717) is 44.0 Å². The number of aryl methyl sites for hydroxylation is 1. The van der Waals surface area contributed by atoms with Crippen molar-refractivity contribution >= 4 is 11.8 Å². The highest BCUT2D eigenvalue weighted by Gasteiger charge is 2.45. The Hall–Kier alpha value is -3.80. The molecule has 1 atom stereocenters. The van der Waals surface area contributed by atoms with Crippen molar-refractivity contribution in [1.29, 1.82) is 0 Å². The summed E-state index contributed by atoms with van der Waals surface area (Å²) in [7, 11) is 1.38. The Bertz CT molecular complexity index is 1270. The largest absolute Gasteiger partial charge is 0.494 e. The van der Waals surface area contributed by atoms with E-state index < -0.39 is 11.4 Å². The minimum absolute atomic E-state index is 0.0942. The van der Waals surface area contributed by atoms with Crippen LogP contribution in [0.2, 0.25) is 0 Å². The number of carbonyl (C=O) groups excluding carboxylic acids is 2. The second kappa shape index (κ2) is 9.10.